The number of H-pyrrole nitrogens is 1. The Balaban J connectivity index is 1.59. The average molecular weight is 361 g/mol. The molecule has 2 heterocycles. The van der Waals surface area contributed by atoms with Gasteiger partial charge in [0.1, 0.15) is 0 Å². The van der Waals surface area contributed by atoms with Gasteiger partial charge >= 0.3 is 0 Å². The standard InChI is InChI=1S/C22H23N3O2/c1-15-13-21(26)23-20-8-7-18(14-19(15)20)16-3-5-17(6-4-16)22(27)25-11-9-24(2)10-12-25/h3-8,13-14H,9-12H2,1-2H3,(H,23,26). The van der Waals surface area contributed by atoms with Crippen molar-refractivity contribution in [1.82, 2.24) is 14.8 Å². The first-order chi connectivity index (χ1) is 13.0. The second-order valence-electron chi connectivity index (χ2n) is 7.25. The minimum absolute atomic E-state index is 0.0838. The molecule has 1 fully saturated rings. The maximum absolute atomic E-state index is 12.7. The molecule has 1 saturated heterocycles. The number of hydrogen-bond acceptors (Lipinski definition) is 3. The van der Waals surface area contributed by atoms with Crippen LogP contribution in [0.5, 0.6) is 0 Å². The lowest BCUT2D eigenvalue weighted by molar-refractivity contribution is 0.0664. The van der Waals surface area contributed by atoms with Crippen LogP contribution in [0.1, 0.15) is 15.9 Å². The zero-order chi connectivity index (χ0) is 19.0. The first-order valence-electron chi connectivity index (χ1n) is 9.23. The lowest BCUT2D eigenvalue weighted by atomic mass is 10.00. The molecule has 0 aliphatic carbocycles. The Labute approximate surface area is 158 Å². The van der Waals surface area contributed by atoms with Gasteiger partial charge in [-0.25, -0.2) is 0 Å². The highest BCUT2D eigenvalue weighted by Crippen LogP contribution is 2.25. The number of nitrogens with zero attached hydrogens (tertiary/aromatic N) is 2. The van der Waals surface area contributed by atoms with E-state index in [1.165, 1.54) is 0 Å². The number of nitrogens with one attached hydrogen (secondary N) is 1. The van der Waals surface area contributed by atoms with E-state index in [2.05, 4.69) is 23.0 Å². The van der Waals surface area contributed by atoms with E-state index in [0.29, 0.717) is 0 Å². The summed E-state index contributed by atoms with van der Waals surface area (Å²) in [6.45, 7) is 5.34. The number of aromatic amines is 1. The zero-order valence-electron chi connectivity index (χ0n) is 15.7. The van der Waals surface area contributed by atoms with E-state index >= 15 is 0 Å². The Kier molecular flexibility index (Phi) is 4.54. The lowest BCUT2D eigenvalue weighted by Gasteiger charge is -2.32. The highest BCUT2D eigenvalue weighted by atomic mass is 16.2. The Hall–Kier alpha value is -2.92. The molecule has 138 valence electrons. The topological polar surface area (TPSA) is 56.4 Å². The SMILES string of the molecule is Cc1cc(=O)[nH]c2ccc(-c3ccc(C(=O)N4CCN(C)CC4)cc3)cc12. The molecule has 0 spiro atoms. The fraction of sp³-hybridized carbons (Fsp3) is 0.273. The number of aromatic nitrogens is 1. The molecular formula is C22H23N3O2. The van der Waals surface area contributed by atoms with Crippen molar-refractivity contribution >= 4 is 16.8 Å². The normalized spacial score (nSPS) is 15.3. The number of amides is 1. The molecule has 27 heavy (non-hydrogen) atoms. The Morgan fingerprint density at radius 3 is 2.30 bits per heavy atom. The molecule has 1 amide bonds. The number of likely N-dealkylation sites (N-methyl/N-ethyl adjacent to an activating group) is 1. The summed E-state index contributed by atoms with van der Waals surface area (Å²) in [6.07, 6.45) is 0. The number of benzene rings is 2. The molecule has 0 saturated carbocycles. The van der Waals surface area contributed by atoms with Gasteiger partial charge in [0.25, 0.3) is 5.91 Å². The number of rotatable bonds is 2. The van der Waals surface area contributed by atoms with Crippen LogP contribution in [0.2, 0.25) is 0 Å². The maximum Gasteiger partial charge on any atom is 0.253 e. The van der Waals surface area contributed by atoms with Crippen molar-refractivity contribution < 1.29 is 4.79 Å². The fourth-order valence-corrected chi connectivity index (χ4v) is 3.60. The van der Waals surface area contributed by atoms with Gasteiger partial charge in [-0.05, 0) is 54.9 Å². The summed E-state index contributed by atoms with van der Waals surface area (Å²) < 4.78 is 0. The van der Waals surface area contributed by atoms with Crippen molar-refractivity contribution in [3.63, 3.8) is 0 Å². The van der Waals surface area contributed by atoms with Gasteiger partial charge in [-0.3, -0.25) is 9.59 Å². The van der Waals surface area contributed by atoms with Gasteiger partial charge in [-0.2, -0.15) is 0 Å². The van der Waals surface area contributed by atoms with Crippen molar-refractivity contribution in [3.05, 3.63) is 70.0 Å². The molecule has 1 aliphatic heterocycles. The molecule has 1 N–H and O–H groups in total. The summed E-state index contributed by atoms with van der Waals surface area (Å²) in [5.74, 6) is 0.0987. The molecule has 5 heteroatoms. The smallest absolute Gasteiger partial charge is 0.253 e. The van der Waals surface area contributed by atoms with Crippen LogP contribution in [0, 0.1) is 6.92 Å². The van der Waals surface area contributed by atoms with E-state index in [4.69, 9.17) is 0 Å². The van der Waals surface area contributed by atoms with E-state index in [0.717, 1.165) is 59.3 Å². The van der Waals surface area contributed by atoms with Gasteiger partial charge < -0.3 is 14.8 Å². The van der Waals surface area contributed by atoms with Crippen molar-refractivity contribution in [2.45, 2.75) is 6.92 Å². The molecule has 2 aromatic carbocycles. The number of hydrogen-bond donors (Lipinski definition) is 1. The van der Waals surface area contributed by atoms with Crippen LogP contribution in [0.3, 0.4) is 0 Å². The van der Waals surface area contributed by atoms with Gasteiger partial charge in [-0.15, -0.1) is 0 Å². The summed E-state index contributed by atoms with van der Waals surface area (Å²) in [5.41, 5.74) is 4.56. The Bertz CT molecular complexity index is 1050. The van der Waals surface area contributed by atoms with Crippen molar-refractivity contribution in [2.75, 3.05) is 33.2 Å². The number of piperazine rings is 1. The predicted octanol–water partition coefficient (Wildman–Crippen LogP) is 2.89. The first-order valence-corrected chi connectivity index (χ1v) is 9.23. The summed E-state index contributed by atoms with van der Waals surface area (Å²) in [7, 11) is 2.08. The summed E-state index contributed by atoms with van der Waals surface area (Å²) in [6, 6.07) is 15.4. The molecular weight excluding hydrogens is 338 g/mol. The number of aryl methyl sites for hydroxylation is 1. The predicted molar refractivity (Wildman–Crippen MR) is 108 cm³/mol. The minimum Gasteiger partial charge on any atom is -0.336 e. The Morgan fingerprint density at radius 2 is 1.59 bits per heavy atom. The third-order valence-corrected chi connectivity index (χ3v) is 5.31. The number of pyridine rings is 1. The lowest BCUT2D eigenvalue weighted by Crippen LogP contribution is -2.47. The van der Waals surface area contributed by atoms with E-state index in [9.17, 15) is 9.59 Å². The van der Waals surface area contributed by atoms with Gasteiger partial charge in [0.15, 0.2) is 0 Å². The second kappa shape index (κ2) is 7.00. The van der Waals surface area contributed by atoms with E-state index in [-0.39, 0.29) is 11.5 Å². The molecule has 4 rings (SSSR count). The highest BCUT2D eigenvalue weighted by molar-refractivity contribution is 5.95. The number of fused-ring (bicyclic) bond motifs is 1. The van der Waals surface area contributed by atoms with Crippen LogP contribution in [-0.2, 0) is 0 Å². The molecule has 0 atom stereocenters. The van der Waals surface area contributed by atoms with Crippen molar-refractivity contribution in [3.8, 4) is 11.1 Å². The van der Waals surface area contributed by atoms with Crippen LogP contribution in [0.4, 0.5) is 0 Å². The van der Waals surface area contributed by atoms with E-state index < -0.39 is 0 Å². The van der Waals surface area contributed by atoms with Crippen LogP contribution in [-0.4, -0.2) is 53.9 Å². The summed E-state index contributed by atoms with van der Waals surface area (Å²) >= 11 is 0. The maximum atomic E-state index is 12.7. The van der Waals surface area contributed by atoms with Crippen LogP contribution in [0.25, 0.3) is 22.0 Å². The van der Waals surface area contributed by atoms with Gasteiger partial charge in [0.2, 0.25) is 5.56 Å². The second-order valence-corrected chi connectivity index (χ2v) is 7.25. The molecule has 1 aliphatic rings. The first kappa shape index (κ1) is 17.5. The quantitative estimate of drug-likeness (QED) is 0.764. The largest absolute Gasteiger partial charge is 0.336 e. The number of carbonyl (C=O) groups is 1. The molecule has 3 aromatic rings. The van der Waals surface area contributed by atoms with Crippen molar-refractivity contribution in [2.24, 2.45) is 0 Å². The minimum atomic E-state index is -0.0838. The van der Waals surface area contributed by atoms with E-state index in [1.54, 1.807) is 6.07 Å². The number of carbonyl (C=O) groups excluding carboxylic acids is 1. The molecule has 0 bridgehead atoms. The van der Waals surface area contributed by atoms with Crippen LogP contribution in [0.15, 0.2) is 53.3 Å². The third kappa shape index (κ3) is 3.51. The van der Waals surface area contributed by atoms with Crippen LogP contribution < -0.4 is 5.56 Å². The molecule has 1 aromatic heterocycles. The summed E-state index contributed by atoms with van der Waals surface area (Å²) in [4.78, 5) is 31.3. The monoisotopic (exact) mass is 361 g/mol. The van der Waals surface area contributed by atoms with E-state index in [1.807, 2.05) is 48.2 Å². The average Bonchev–Trinajstić information content (AvgIpc) is 2.68. The van der Waals surface area contributed by atoms with Gasteiger partial charge in [-0.1, -0.05) is 18.2 Å². The summed E-state index contributed by atoms with van der Waals surface area (Å²) in [5, 5.41) is 1.03. The highest BCUT2D eigenvalue weighted by Gasteiger charge is 2.20. The van der Waals surface area contributed by atoms with Crippen molar-refractivity contribution in [1.29, 1.82) is 0 Å². The zero-order valence-corrected chi connectivity index (χ0v) is 15.7. The van der Waals surface area contributed by atoms with Gasteiger partial charge in [0.05, 0.1) is 0 Å². The molecule has 0 radical (unpaired) electrons. The van der Waals surface area contributed by atoms with Gasteiger partial charge in [0, 0.05) is 48.7 Å². The fourth-order valence-electron chi connectivity index (χ4n) is 3.60. The van der Waals surface area contributed by atoms with Crippen LogP contribution >= 0.6 is 0 Å². The molecule has 0 unspecified atom stereocenters. The third-order valence-electron chi connectivity index (χ3n) is 5.31. The Morgan fingerprint density at radius 1 is 0.926 bits per heavy atom. The molecule has 5 nitrogen and oxygen atoms in total.